The molecule has 190 valence electrons. The first kappa shape index (κ1) is 24.5. The molecule has 2 fully saturated rings. The molecular weight excluding hydrogens is 500 g/mol. The lowest BCUT2D eigenvalue weighted by atomic mass is 9.96. The van der Waals surface area contributed by atoms with Crippen molar-refractivity contribution in [2.45, 2.75) is 42.5 Å². The predicted octanol–water partition coefficient (Wildman–Crippen LogP) is 1.61. The van der Waals surface area contributed by atoms with Crippen molar-refractivity contribution in [1.82, 2.24) is 15.2 Å². The van der Waals surface area contributed by atoms with Crippen LogP contribution in [-0.4, -0.2) is 60.9 Å². The zero-order valence-electron chi connectivity index (χ0n) is 19.8. The number of carbonyl (C=O) groups is 4. The smallest absolute Gasteiger partial charge is 0.349 e. The molecule has 0 radical (unpaired) electrons. The van der Waals surface area contributed by atoms with Crippen LogP contribution in [0.5, 0.6) is 0 Å². The van der Waals surface area contributed by atoms with Gasteiger partial charge in [-0.15, -0.1) is 11.8 Å². The van der Waals surface area contributed by atoms with Crippen LogP contribution in [0.4, 0.5) is 5.69 Å². The standard InChI is InChI=1S/C25H22N4O7S/c1-25(2)19(23(33)34)29-21(32)18(22(29)37-25)28-17(30)10-12-6-3-4-7-14(12)27-20(31)13-11-15-16(36-24(13)35)8-5-9-26-15/h3-9,11,18-19,22H,10H2,1-2H3,(H,27,31)(H,28,30)(H,33,34)/t18?,19-,22+/m0/s1. The summed E-state index contributed by atoms with van der Waals surface area (Å²) in [5.41, 5.74) is 0.313. The Balaban J connectivity index is 1.29. The Hall–Kier alpha value is -4.19. The third-order valence-electron chi connectivity index (χ3n) is 6.36. The fourth-order valence-corrected chi connectivity index (χ4v) is 6.26. The van der Waals surface area contributed by atoms with E-state index in [0.717, 1.165) is 0 Å². The van der Waals surface area contributed by atoms with E-state index in [9.17, 15) is 29.1 Å². The van der Waals surface area contributed by atoms with E-state index in [1.54, 1.807) is 50.2 Å². The molecule has 0 spiro atoms. The number of nitrogens with zero attached hydrogens (tertiary/aromatic N) is 2. The molecule has 2 aliphatic rings. The average molecular weight is 523 g/mol. The minimum absolute atomic E-state index is 0.156. The van der Waals surface area contributed by atoms with Crippen molar-refractivity contribution < 1.29 is 28.7 Å². The number of aromatic nitrogens is 1. The van der Waals surface area contributed by atoms with E-state index in [1.165, 1.54) is 28.9 Å². The molecule has 37 heavy (non-hydrogen) atoms. The zero-order valence-corrected chi connectivity index (χ0v) is 20.6. The van der Waals surface area contributed by atoms with Crippen LogP contribution in [0.15, 0.2) is 57.9 Å². The molecule has 0 bridgehead atoms. The van der Waals surface area contributed by atoms with Gasteiger partial charge in [0.15, 0.2) is 5.58 Å². The molecule has 11 nitrogen and oxygen atoms in total. The topological polar surface area (TPSA) is 159 Å². The highest BCUT2D eigenvalue weighted by molar-refractivity contribution is 8.01. The van der Waals surface area contributed by atoms with Gasteiger partial charge in [-0.1, -0.05) is 18.2 Å². The first-order valence-corrected chi connectivity index (χ1v) is 12.2. The van der Waals surface area contributed by atoms with Crippen molar-refractivity contribution in [1.29, 1.82) is 0 Å². The van der Waals surface area contributed by atoms with Gasteiger partial charge in [0.2, 0.25) is 11.8 Å². The first-order chi connectivity index (χ1) is 17.6. The van der Waals surface area contributed by atoms with E-state index in [2.05, 4.69) is 15.6 Å². The monoisotopic (exact) mass is 522 g/mol. The van der Waals surface area contributed by atoms with Crippen LogP contribution in [0.25, 0.3) is 11.1 Å². The molecule has 1 aromatic carbocycles. The number of hydrogen-bond donors (Lipinski definition) is 3. The number of anilines is 1. The van der Waals surface area contributed by atoms with Gasteiger partial charge >= 0.3 is 11.6 Å². The molecule has 4 heterocycles. The lowest BCUT2D eigenvalue weighted by molar-refractivity contribution is -0.161. The Labute approximate surface area is 214 Å². The highest BCUT2D eigenvalue weighted by atomic mass is 32.2. The summed E-state index contributed by atoms with van der Waals surface area (Å²) >= 11 is 1.33. The van der Waals surface area contributed by atoms with Gasteiger partial charge in [-0.3, -0.25) is 19.4 Å². The van der Waals surface area contributed by atoms with Crippen LogP contribution in [-0.2, 0) is 20.8 Å². The van der Waals surface area contributed by atoms with Gasteiger partial charge in [0.05, 0.1) is 6.42 Å². The number of carbonyl (C=O) groups excluding carboxylic acids is 3. The minimum Gasteiger partial charge on any atom is -0.480 e. The Bertz CT molecular complexity index is 1520. The molecule has 3 amide bonds. The number of aliphatic carboxylic acids is 1. The van der Waals surface area contributed by atoms with E-state index in [4.69, 9.17) is 4.42 Å². The van der Waals surface area contributed by atoms with E-state index >= 15 is 0 Å². The van der Waals surface area contributed by atoms with Crippen molar-refractivity contribution in [3.05, 3.63) is 70.2 Å². The number of nitrogens with one attached hydrogen (secondary N) is 2. The minimum atomic E-state index is -1.08. The second-order valence-corrected chi connectivity index (χ2v) is 11.0. The second-order valence-electron chi connectivity index (χ2n) is 9.27. The van der Waals surface area contributed by atoms with Crippen LogP contribution >= 0.6 is 11.8 Å². The summed E-state index contributed by atoms with van der Waals surface area (Å²) in [5.74, 6) is -2.71. The normalized spacial score (nSPS) is 21.7. The quantitative estimate of drug-likeness (QED) is 0.409. The molecule has 3 atom stereocenters. The fourth-order valence-electron chi connectivity index (χ4n) is 4.64. The second kappa shape index (κ2) is 9.04. The lowest BCUT2D eigenvalue weighted by Crippen LogP contribution is -2.70. The Morgan fingerprint density at radius 1 is 1.16 bits per heavy atom. The van der Waals surface area contributed by atoms with Crippen molar-refractivity contribution in [2.75, 3.05) is 5.32 Å². The van der Waals surface area contributed by atoms with Gasteiger partial charge in [0.1, 0.15) is 28.5 Å². The first-order valence-electron chi connectivity index (χ1n) is 11.4. The molecule has 0 saturated carbocycles. The van der Waals surface area contributed by atoms with Gasteiger partial charge in [-0.2, -0.15) is 0 Å². The highest BCUT2D eigenvalue weighted by Gasteiger charge is 2.64. The Morgan fingerprint density at radius 3 is 2.68 bits per heavy atom. The number of pyridine rings is 1. The van der Waals surface area contributed by atoms with Gasteiger partial charge in [-0.05, 0) is 43.7 Å². The maximum atomic E-state index is 12.9. The number of fused-ring (bicyclic) bond motifs is 2. The Kier molecular flexibility index (Phi) is 5.98. The summed E-state index contributed by atoms with van der Waals surface area (Å²) in [6.45, 7) is 3.51. The van der Waals surface area contributed by atoms with E-state index in [0.29, 0.717) is 16.8 Å². The molecule has 5 rings (SSSR count). The number of para-hydroxylation sites is 1. The van der Waals surface area contributed by atoms with E-state index in [1.807, 2.05) is 0 Å². The summed E-state index contributed by atoms with van der Waals surface area (Å²) < 4.78 is 4.47. The van der Waals surface area contributed by atoms with Gasteiger partial charge in [-0.25, -0.2) is 9.59 Å². The summed E-state index contributed by atoms with van der Waals surface area (Å²) in [6, 6.07) is 9.29. The van der Waals surface area contributed by atoms with Crippen molar-refractivity contribution >= 4 is 52.2 Å². The van der Waals surface area contributed by atoms with Crippen LogP contribution < -0.4 is 16.3 Å². The van der Waals surface area contributed by atoms with Crippen molar-refractivity contribution in [3.8, 4) is 0 Å². The molecule has 0 aliphatic carbocycles. The van der Waals surface area contributed by atoms with Crippen LogP contribution in [0.3, 0.4) is 0 Å². The molecule has 3 N–H and O–H groups in total. The van der Waals surface area contributed by atoms with E-state index < -0.39 is 51.5 Å². The van der Waals surface area contributed by atoms with Crippen LogP contribution in [0.1, 0.15) is 29.8 Å². The van der Waals surface area contributed by atoms with Crippen LogP contribution in [0.2, 0.25) is 0 Å². The Morgan fingerprint density at radius 2 is 1.92 bits per heavy atom. The summed E-state index contributed by atoms with van der Waals surface area (Å²) in [5, 5.41) is 14.4. The average Bonchev–Trinajstić information content (AvgIpc) is 3.11. The number of carboxylic acid groups (broad SMARTS) is 1. The largest absolute Gasteiger partial charge is 0.480 e. The summed E-state index contributed by atoms with van der Waals surface area (Å²) in [7, 11) is 0. The fraction of sp³-hybridized carbons (Fsp3) is 0.280. The molecular formula is C25H22N4O7S. The summed E-state index contributed by atoms with van der Waals surface area (Å²) in [4.78, 5) is 67.8. The number of benzene rings is 1. The third-order valence-corrected chi connectivity index (χ3v) is 7.93. The van der Waals surface area contributed by atoms with Crippen molar-refractivity contribution in [3.63, 3.8) is 0 Å². The maximum Gasteiger partial charge on any atom is 0.349 e. The molecule has 2 saturated heterocycles. The maximum absolute atomic E-state index is 12.9. The van der Waals surface area contributed by atoms with Crippen LogP contribution in [0, 0.1) is 0 Å². The number of thioether (sulfide) groups is 1. The molecule has 1 unspecified atom stereocenters. The number of rotatable bonds is 6. The summed E-state index contributed by atoms with van der Waals surface area (Å²) in [6.07, 6.45) is 1.36. The zero-order chi connectivity index (χ0) is 26.5. The van der Waals surface area contributed by atoms with Gasteiger partial charge in [0.25, 0.3) is 5.91 Å². The van der Waals surface area contributed by atoms with Gasteiger partial charge in [0, 0.05) is 16.6 Å². The number of β-lactam (4-membered cyclic amide) rings is 1. The predicted molar refractivity (Wildman–Crippen MR) is 134 cm³/mol. The molecule has 2 aromatic heterocycles. The third kappa shape index (κ3) is 4.33. The number of amides is 3. The van der Waals surface area contributed by atoms with Crippen molar-refractivity contribution in [2.24, 2.45) is 0 Å². The number of carboxylic acids is 1. The molecule has 12 heteroatoms. The number of hydrogen-bond acceptors (Lipinski definition) is 8. The SMILES string of the molecule is CC1(C)S[C@@H]2C(NC(=O)Cc3ccccc3NC(=O)c3cc4ncccc4oc3=O)C(=O)N2[C@H]1C(=O)O. The molecule has 2 aliphatic heterocycles. The highest BCUT2D eigenvalue weighted by Crippen LogP contribution is 2.50. The van der Waals surface area contributed by atoms with Gasteiger partial charge < -0.3 is 25.1 Å². The lowest BCUT2D eigenvalue weighted by Gasteiger charge is -2.43. The van der Waals surface area contributed by atoms with E-state index in [-0.39, 0.29) is 17.6 Å². The molecule has 3 aromatic rings.